The highest BCUT2D eigenvalue weighted by Gasteiger charge is 2.27. The van der Waals surface area contributed by atoms with Crippen LogP contribution in [-0.2, 0) is 11.3 Å². The standard InChI is InChI=1S/C21H20F3N3O3S2/c1-30-10-4-9-27-19(29)14-8-7-13(11-16(14)26-20(27)31)18(28)25-15-5-2-3-6-17(15)32-12-21(22,23)24/h2-3,5-8,11H,4,9-10,12H2,1H3,(H,25,28)(H,26,31). The highest BCUT2D eigenvalue weighted by molar-refractivity contribution is 7.99. The van der Waals surface area contributed by atoms with E-state index in [-0.39, 0.29) is 21.6 Å². The Balaban J connectivity index is 1.85. The van der Waals surface area contributed by atoms with Crippen molar-refractivity contribution in [1.82, 2.24) is 9.55 Å². The van der Waals surface area contributed by atoms with Crippen molar-refractivity contribution < 1.29 is 22.7 Å². The lowest BCUT2D eigenvalue weighted by atomic mass is 10.1. The molecule has 0 saturated carbocycles. The molecule has 170 valence electrons. The number of para-hydroxylation sites is 1. The van der Waals surface area contributed by atoms with E-state index in [9.17, 15) is 22.8 Å². The molecule has 3 rings (SSSR count). The summed E-state index contributed by atoms with van der Waals surface area (Å²) in [6.07, 6.45) is -3.71. The number of fused-ring (bicyclic) bond motifs is 1. The molecular formula is C21H20F3N3O3S2. The highest BCUT2D eigenvalue weighted by atomic mass is 32.2. The summed E-state index contributed by atoms with van der Waals surface area (Å²) < 4.78 is 44.4. The fraction of sp³-hybridized carbons (Fsp3) is 0.286. The van der Waals surface area contributed by atoms with E-state index >= 15 is 0 Å². The molecule has 0 radical (unpaired) electrons. The summed E-state index contributed by atoms with van der Waals surface area (Å²) in [5.74, 6) is -1.58. The number of hydrogen-bond acceptors (Lipinski definition) is 5. The molecular weight excluding hydrogens is 463 g/mol. The Morgan fingerprint density at radius 2 is 2.00 bits per heavy atom. The number of halogens is 3. The van der Waals surface area contributed by atoms with Crippen LogP contribution in [0.3, 0.4) is 0 Å². The van der Waals surface area contributed by atoms with Crippen molar-refractivity contribution in [2.24, 2.45) is 0 Å². The maximum Gasteiger partial charge on any atom is 0.398 e. The average Bonchev–Trinajstić information content (AvgIpc) is 2.74. The molecule has 0 atom stereocenters. The zero-order valence-electron chi connectivity index (χ0n) is 17.0. The van der Waals surface area contributed by atoms with Crippen LogP contribution in [0.5, 0.6) is 0 Å². The number of carbonyl (C=O) groups excluding carboxylic acids is 1. The Bertz CT molecular complexity index is 1240. The number of methoxy groups -OCH3 is 1. The maximum atomic E-state index is 12.8. The van der Waals surface area contributed by atoms with Crippen LogP contribution in [0.4, 0.5) is 18.9 Å². The largest absolute Gasteiger partial charge is 0.398 e. The van der Waals surface area contributed by atoms with E-state index in [4.69, 9.17) is 17.0 Å². The van der Waals surface area contributed by atoms with E-state index in [0.717, 1.165) is 0 Å². The number of benzene rings is 2. The number of anilines is 1. The molecule has 0 aliphatic heterocycles. The van der Waals surface area contributed by atoms with Crippen molar-refractivity contribution in [3.63, 3.8) is 0 Å². The molecule has 3 aromatic rings. The SMILES string of the molecule is COCCCn1c(=S)[nH]c2cc(C(=O)Nc3ccccc3SCC(F)(F)F)ccc2c1=O. The number of hydrogen-bond donors (Lipinski definition) is 2. The van der Waals surface area contributed by atoms with E-state index in [1.807, 2.05) is 0 Å². The fourth-order valence-corrected chi connectivity index (χ4v) is 4.07. The lowest BCUT2D eigenvalue weighted by Gasteiger charge is -2.12. The molecule has 32 heavy (non-hydrogen) atoms. The number of alkyl halides is 3. The second-order valence-electron chi connectivity index (χ2n) is 6.85. The second-order valence-corrected chi connectivity index (χ2v) is 8.25. The molecule has 0 saturated heterocycles. The quantitative estimate of drug-likeness (QED) is 0.268. The number of rotatable bonds is 8. The summed E-state index contributed by atoms with van der Waals surface area (Å²) >= 11 is 5.87. The van der Waals surface area contributed by atoms with Gasteiger partial charge in [0.05, 0.1) is 22.3 Å². The Hall–Kier alpha value is -2.63. The van der Waals surface area contributed by atoms with Crippen molar-refractivity contribution in [1.29, 1.82) is 0 Å². The third-order valence-corrected chi connectivity index (χ3v) is 5.96. The van der Waals surface area contributed by atoms with Gasteiger partial charge in [0.2, 0.25) is 0 Å². The first-order valence-corrected chi connectivity index (χ1v) is 10.9. The van der Waals surface area contributed by atoms with Gasteiger partial charge in [-0.05, 0) is 49.0 Å². The number of aromatic nitrogens is 2. The normalized spacial score (nSPS) is 11.6. The minimum atomic E-state index is -4.33. The molecule has 0 spiro atoms. The Morgan fingerprint density at radius 3 is 2.72 bits per heavy atom. The van der Waals surface area contributed by atoms with Gasteiger partial charge < -0.3 is 15.0 Å². The van der Waals surface area contributed by atoms with Gasteiger partial charge in [-0.2, -0.15) is 13.2 Å². The van der Waals surface area contributed by atoms with Crippen LogP contribution >= 0.6 is 24.0 Å². The maximum absolute atomic E-state index is 12.8. The van der Waals surface area contributed by atoms with Crippen molar-refractivity contribution >= 4 is 46.5 Å². The zero-order chi connectivity index (χ0) is 23.3. The molecule has 1 heterocycles. The molecule has 0 unspecified atom stereocenters. The minimum absolute atomic E-state index is 0.227. The summed E-state index contributed by atoms with van der Waals surface area (Å²) in [5, 5.41) is 3.01. The van der Waals surface area contributed by atoms with Crippen molar-refractivity contribution in [3.8, 4) is 0 Å². The molecule has 1 aromatic heterocycles. The van der Waals surface area contributed by atoms with E-state index in [2.05, 4.69) is 10.3 Å². The molecule has 1 amide bonds. The van der Waals surface area contributed by atoms with Crippen molar-refractivity contribution in [2.75, 3.05) is 24.8 Å². The lowest BCUT2D eigenvalue weighted by Crippen LogP contribution is -2.23. The Kier molecular flexibility index (Phi) is 7.75. The van der Waals surface area contributed by atoms with Gasteiger partial charge in [0.15, 0.2) is 4.77 Å². The van der Waals surface area contributed by atoms with Crippen LogP contribution in [0.15, 0.2) is 52.2 Å². The summed E-state index contributed by atoms with van der Waals surface area (Å²) in [6, 6.07) is 10.8. The lowest BCUT2D eigenvalue weighted by molar-refractivity contribution is -0.105. The number of carbonyl (C=O) groups is 1. The number of aromatic amines is 1. The van der Waals surface area contributed by atoms with Gasteiger partial charge in [-0.15, -0.1) is 11.8 Å². The number of nitrogens with one attached hydrogen (secondary N) is 2. The first-order valence-electron chi connectivity index (χ1n) is 9.55. The molecule has 11 heteroatoms. The predicted octanol–water partition coefficient (Wildman–Crippen LogP) is 5.00. The summed E-state index contributed by atoms with van der Waals surface area (Å²) in [7, 11) is 1.57. The van der Waals surface area contributed by atoms with Crippen LogP contribution in [0.1, 0.15) is 16.8 Å². The van der Waals surface area contributed by atoms with Crippen LogP contribution in [0, 0.1) is 4.77 Å². The van der Waals surface area contributed by atoms with Crippen LogP contribution in [0.2, 0.25) is 0 Å². The van der Waals surface area contributed by atoms with Gasteiger partial charge in [0, 0.05) is 30.7 Å². The summed E-state index contributed by atoms with van der Waals surface area (Å²) in [5.41, 5.74) is 0.625. The van der Waals surface area contributed by atoms with Crippen LogP contribution < -0.4 is 10.9 Å². The third-order valence-electron chi connectivity index (χ3n) is 4.50. The van der Waals surface area contributed by atoms with Crippen LogP contribution in [0.25, 0.3) is 10.9 Å². The average molecular weight is 484 g/mol. The Labute approximate surface area is 190 Å². The van der Waals surface area contributed by atoms with Gasteiger partial charge in [0.25, 0.3) is 11.5 Å². The molecule has 6 nitrogen and oxygen atoms in total. The number of nitrogens with zero attached hydrogens (tertiary/aromatic N) is 1. The minimum Gasteiger partial charge on any atom is -0.385 e. The van der Waals surface area contributed by atoms with Gasteiger partial charge >= 0.3 is 6.18 Å². The second kappa shape index (κ2) is 10.3. The van der Waals surface area contributed by atoms with Gasteiger partial charge in [0.1, 0.15) is 0 Å². The van der Waals surface area contributed by atoms with Crippen LogP contribution in [-0.4, -0.2) is 41.1 Å². The van der Waals surface area contributed by atoms with E-state index in [1.165, 1.54) is 34.9 Å². The smallest absolute Gasteiger partial charge is 0.385 e. The van der Waals surface area contributed by atoms with Crippen molar-refractivity contribution in [3.05, 3.63) is 63.2 Å². The number of amides is 1. The molecule has 2 aromatic carbocycles. The summed E-state index contributed by atoms with van der Waals surface area (Å²) in [6.45, 7) is 0.883. The molecule has 0 fully saturated rings. The number of thioether (sulfide) groups is 1. The van der Waals surface area contributed by atoms with Crippen molar-refractivity contribution in [2.45, 2.75) is 24.0 Å². The molecule has 0 aliphatic rings. The fourth-order valence-electron chi connectivity index (χ4n) is 3.02. The van der Waals surface area contributed by atoms with E-state index < -0.39 is 17.8 Å². The number of ether oxygens (including phenoxy) is 1. The number of H-pyrrole nitrogens is 1. The Morgan fingerprint density at radius 1 is 1.25 bits per heavy atom. The van der Waals surface area contributed by atoms with E-state index in [1.54, 1.807) is 19.2 Å². The van der Waals surface area contributed by atoms with Gasteiger partial charge in [-0.3, -0.25) is 14.2 Å². The predicted molar refractivity (Wildman–Crippen MR) is 121 cm³/mol. The summed E-state index contributed by atoms with van der Waals surface area (Å²) in [4.78, 5) is 28.8. The monoisotopic (exact) mass is 483 g/mol. The molecule has 0 bridgehead atoms. The van der Waals surface area contributed by atoms with Gasteiger partial charge in [-0.25, -0.2) is 0 Å². The first-order chi connectivity index (χ1) is 15.2. The zero-order valence-corrected chi connectivity index (χ0v) is 18.6. The first kappa shape index (κ1) is 24.0. The molecule has 2 N–H and O–H groups in total. The molecule has 0 aliphatic carbocycles. The topological polar surface area (TPSA) is 76.1 Å². The third kappa shape index (κ3) is 5.99. The van der Waals surface area contributed by atoms with E-state index in [0.29, 0.717) is 47.1 Å². The van der Waals surface area contributed by atoms with Gasteiger partial charge in [-0.1, -0.05) is 12.1 Å². The highest BCUT2D eigenvalue weighted by Crippen LogP contribution is 2.32.